The molecule has 0 radical (unpaired) electrons. The van der Waals surface area contributed by atoms with Crippen LogP contribution in [-0.4, -0.2) is 25.9 Å². The molecule has 124 valence electrons. The predicted octanol–water partition coefficient (Wildman–Crippen LogP) is 5.35. The Balaban J connectivity index is 1.53. The highest BCUT2D eigenvalue weighted by atomic mass is 16.5. The van der Waals surface area contributed by atoms with Crippen molar-refractivity contribution in [2.45, 2.75) is 96.2 Å². The van der Waals surface area contributed by atoms with Crippen molar-refractivity contribution in [3.63, 3.8) is 0 Å². The van der Waals surface area contributed by atoms with Gasteiger partial charge in [0, 0.05) is 13.7 Å². The van der Waals surface area contributed by atoms with Crippen LogP contribution in [-0.2, 0) is 9.47 Å². The van der Waals surface area contributed by atoms with Crippen molar-refractivity contribution in [2.75, 3.05) is 13.7 Å². The van der Waals surface area contributed by atoms with E-state index in [9.17, 15) is 0 Å². The molecule has 2 aliphatic carbocycles. The quantitative estimate of drug-likeness (QED) is 0.562. The maximum absolute atomic E-state index is 6.22. The minimum atomic E-state index is 0.514. The van der Waals surface area contributed by atoms with Gasteiger partial charge < -0.3 is 9.47 Å². The summed E-state index contributed by atoms with van der Waals surface area (Å²) in [6, 6.07) is 0. The largest absolute Gasteiger partial charge is 0.381 e. The van der Waals surface area contributed by atoms with E-state index in [0.717, 1.165) is 18.4 Å². The number of rotatable bonds is 8. The molecule has 0 unspecified atom stereocenters. The predicted molar refractivity (Wildman–Crippen MR) is 88.6 cm³/mol. The normalized spacial score (nSPS) is 34.0. The molecule has 2 saturated carbocycles. The van der Waals surface area contributed by atoms with E-state index in [4.69, 9.17) is 9.47 Å². The van der Waals surface area contributed by atoms with Gasteiger partial charge in [-0.05, 0) is 63.2 Å². The Kier molecular flexibility index (Phi) is 8.10. The van der Waals surface area contributed by atoms with Crippen LogP contribution in [0.15, 0.2) is 0 Å². The molecule has 0 aromatic rings. The highest BCUT2D eigenvalue weighted by Gasteiger charge is 2.24. The first kappa shape index (κ1) is 17.3. The smallest absolute Gasteiger partial charge is 0.0575 e. The van der Waals surface area contributed by atoms with Crippen LogP contribution < -0.4 is 0 Å². The van der Waals surface area contributed by atoms with Gasteiger partial charge in [-0.1, -0.05) is 32.6 Å². The van der Waals surface area contributed by atoms with Gasteiger partial charge >= 0.3 is 0 Å². The molecule has 0 spiro atoms. The molecule has 2 fully saturated rings. The number of hydrogen-bond acceptors (Lipinski definition) is 2. The summed E-state index contributed by atoms with van der Waals surface area (Å²) in [4.78, 5) is 0. The van der Waals surface area contributed by atoms with Crippen LogP contribution in [0.5, 0.6) is 0 Å². The molecule has 0 N–H and O–H groups in total. The zero-order valence-corrected chi connectivity index (χ0v) is 14.3. The van der Waals surface area contributed by atoms with Crippen LogP contribution in [0.2, 0.25) is 0 Å². The van der Waals surface area contributed by atoms with E-state index in [1.54, 1.807) is 0 Å². The van der Waals surface area contributed by atoms with Crippen molar-refractivity contribution in [1.29, 1.82) is 0 Å². The Morgan fingerprint density at radius 2 is 1.38 bits per heavy atom. The lowest BCUT2D eigenvalue weighted by molar-refractivity contribution is -0.0208. The van der Waals surface area contributed by atoms with Gasteiger partial charge in [0.25, 0.3) is 0 Å². The van der Waals surface area contributed by atoms with Gasteiger partial charge in [0.2, 0.25) is 0 Å². The van der Waals surface area contributed by atoms with E-state index in [1.165, 1.54) is 77.0 Å². The second-order valence-corrected chi connectivity index (χ2v) is 7.35. The fraction of sp³-hybridized carbons (Fsp3) is 1.00. The number of unbranched alkanes of at least 4 members (excludes halogenated alkanes) is 2. The Labute approximate surface area is 132 Å². The van der Waals surface area contributed by atoms with Gasteiger partial charge in [0.15, 0.2) is 0 Å². The summed E-state index contributed by atoms with van der Waals surface area (Å²) in [7, 11) is 1.85. The van der Waals surface area contributed by atoms with Crippen molar-refractivity contribution in [1.82, 2.24) is 0 Å². The van der Waals surface area contributed by atoms with Gasteiger partial charge in [-0.25, -0.2) is 0 Å². The average Bonchev–Trinajstić information content (AvgIpc) is 2.55. The molecule has 0 saturated heterocycles. The molecular formula is C19H36O2. The zero-order valence-electron chi connectivity index (χ0n) is 14.3. The minimum Gasteiger partial charge on any atom is -0.381 e. The Morgan fingerprint density at radius 3 is 2.00 bits per heavy atom. The molecule has 2 heteroatoms. The summed E-state index contributed by atoms with van der Waals surface area (Å²) >= 11 is 0. The molecular weight excluding hydrogens is 260 g/mol. The topological polar surface area (TPSA) is 18.5 Å². The summed E-state index contributed by atoms with van der Waals surface area (Å²) in [5, 5.41) is 0. The first-order chi connectivity index (χ1) is 10.3. The van der Waals surface area contributed by atoms with Crippen LogP contribution >= 0.6 is 0 Å². The molecule has 2 aliphatic rings. The van der Waals surface area contributed by atoms with Crippen LogP contribution in [0.4, 0.5) is 0 Å². The third-order valence-corrected chi connectivity index (χ3v) is 5.70. The van der Waals surface area contributed by atoms with Gasteiger partial charge in [-0.2, -0.15) is 0 Å². The third-order valence-electron chi connectivity index (χ3n) is 5.70. The van der Waals surface area contributed by atoms with Crippen LogP contribution in [0, 0.1) is 11.8 Å². The molecule has 0 aliphatic heterocycles. The van der Waals surface area contributed by atoms with E-state index < -0.39 is 0 Å². The molecule has 0 atom stereocenters. The van der Waals surface area contributed by atoms with Gasteiger partial charge in [0.1, 0.15) is 0 Å². The Hall–Kier alpha value is -0.0800. The monoisotopic (exact) mass is 296 g/mol. The van der Waals surface area contributed by atoms with Crippen molar-refractivity contribution in [3.8, 4) is 0 Å². The highest BCUT2D eigenvalue weighted by Crippen LogP contribution is 2.31. The summed E-state index contributed by atoms with van der Waals surface area (Å²) in [5.41, 5.74) is 0. The van der Waals surface area contributed by atoms with Crippen molar-refractivity contribution >= 4 is 0 Å². The summed E-state index contributed by atoms with van der Waals surface area (Å²) < 4.78 is 11.7. The van der Waals surface area contributed by atoms with Crippen LogP contribution in [0.1, 0.15) is 84.0 Å². The van der Waals surface area contributed by atoms with E-state index >= 15 is 0 Å². The van der Waals surface area contributed by atoms with Gasteiger partial charge in [0.05, 0.1) is 12.2 Å². The third kappa shape index (κ3) is 6.28. The lowest BCUT2D eigenvalue weighted by Crippen LogP contribution is -2.27. The molecule has 0 heterocycles. The van der Waals surface area contributed by atoms with Crippen molar-refractivity contribution < 1.29 is 9.47 Å². The Bertz CT molecular complexity index is 250. The highest BCUT2D eigenvalue weighted by molar-refractivity contribution is 4.75. The summed E-state index contributed by atoms with van der Waals surface area (Å²) in [6.07, 6.45) is 17.2. The fourth-order valence-electron chi connectivity index (χ4n) is 4.08. The standard InChI is InChI=1S/C19H36O2/c1-3-4-5-6-16-7-13-19(14-8-16)21-15-17-9-11-18(20-2)12-10-17/h16-19H,3-15H2,1-2H3. The molecule has 2 nitrogen and oxygen atoms in total. The van der Waals surface area contributed by atoms with E-state index in [-0.39, 0.29) is 0 Å². The summed E-state index contributed by atoms with van der Waals surface area (Å²) in [6.45, 7) is 3.30. The average molecular weight is 296 g/mol. The van der Waals surface area contributed by atoms with E-state index in [2.05, 4.69) is 6.92 Å². The maximum atomic E-state index is 6.22. The van der Waals surface area contributed by atoms with Crippen LogP contribution in [0.25, 0.3) is 0 Å². The molecule has 21 heavy (non-hydrogen) atoms. The van der Waals surface area contributed by atoms with E-state index in [1.807, 2.05) is 7.11 Å². The van der Waals surface area contributed by atoms with E-state index in [0.29, 0.717) is 12.2 Å². The second-order valence-electron chi connectivity index (χ2n) is 7.35. The fourth-order valence-corrected chi connectivity index (χ4v) is 4.08. The number of hydrogen-bond donors (Lipinski definition) is 0. The first-order valence-corrected chi connectivity index (χ1v) is 9.46. The molecule has 0 bridgehead atoms. The van der Waals surface area contributed by atoms with Gasteiger partial charge in [-0.15, -0.1) is 0 Å². The summed E-state index contributed by atoms with van der Waals surface area (Å²) in [5.74, 6) is 1.78. The van der Waals surface area contributed by atoms with Crippen LogP contribution in [0.3, 0.4) is 0 Å². The molecule has 2 rings (SSSR count). The lowest BCUT2D eigenvalue weighted by Gasteiger charge is -2.32. The maximum Gasteiger partial charge on any atom is 0.0575 e. The molecule has 0 amide bonds. The Morgan fingerprint density at radius 1 is 0.762 bits per heavy atom. The SMILES string of the molecule is CCCCCC1CCC(OCC2CCC(OC)CC2)CC1. The molecule has 0 aromatic heterocycles. The van der Waals surface area contributed by atoms with Gasteiger partial charge in [-0.3, -0.25) is 0 Å². The molecule has 0 aromatic carbocycles. The van der Waals surface area contributed by atoms with Crippen molar-refractivity contribution in [3.05, 3.63) is 0 Å². The lowest BCUT2D eigenvalue weighted by atomic mass is 9.84. The minimum absolute atomic E-state index is 0.514. The first-order valence-electron chi connectivity index (χ1n) is 9.46. The second kappa shape index (κ2) is 9.84. The zero-order chi connectivity index (χ0) is 14.9. The number of ether oxygens (including phenoxy) is 2. The van der Waals surface area contributed by atoms with Crippen molar-refractivity contribution in [2.24, 2.45) is 11.8 Å². The number of methoxy groups -OCH3 is 1.